The van der Waals surface area contributed by atoms with Crippen LogP contribution in [0.15, 0.2) is 30.3 Å². The van der Waals surface area contributed by atoms with Crippen molar-refractivity contribution in [2.45, 2.75) is 25.7 Å². The van der Waals surface area contributed by atoms with Gasteiger partial charge in [0.25, 0.3) is 0 Å². The molecule has 0 bridgehead atoms. The monoisotopic (exact) mass is 335 g/mol. The van der Waals surface area contributed by atoms with Crippen molar-refractivity contribution >= 4 is 15.8 Å². The van der Waals surface area contributed by atoms with Crippen molar-refractivity contribution < 1.29 is 13.2 Å². The SMILES string of the molecule is COCCS(=O)(=O)Nc1c(C)c(C2CC2)nn1-c1ccccc1. The third kappa shape index (κ3) is 3.56. The molecule has 23 heavy (non-hydrogen) atoms. The number of benzene rings is 1. The van der Waals surface area contributed by atoms with Crippen molar-refractivity contribution in [3.8, 4) is 5.69 Å². The Hall–Kier alpha value is -1.86. The maximum absolute atomic E-state index is 12.3. The predicted octanol–water partition coefficient (Wildman–Crippen LogP) is 2.45. The normalized spacial score (nSPS) is 14.9. The Morgan fingerprint density at radius 2 is 2.00 bits per heavy atom. The summed E-state index contributed by atoms with van der Waals surface area (Å²) in [5.74, 6) is 0.887. The second-order valence-corrected chi connectivity index (χ2v) is 7.64. The number of sulfonamides is 1. The minimum Gasteiger partial charge on any atom is -0.384 e. The number of rotatable bonds is 7. The molecule has 0 saturated heterocycles. The molecular weight excluding hydrogens is 314 g/mol. The molecule has 1 N–H and O–H groups in total. The highest BCUT2D eigenvalue weighted by molar-refractivity contribution is 7.92. The molecule has 1 aromatic carbocycles. The largest absolute Gasteiger partial charge is 0.384 e. The van der Waals surface area contributed by atoms with Gasteiger partial charge in [-0.25, -0.2) is 13.1 Å². The average molecular weight is 335 g/mol. The molecule has 0 unspecified atom stereocenters. The maximum atomic E-state index is 12.3. The molecule has 0 amide bonds. The Balaban J connectivity index is 2.00. The van der Waals surface area contributed by atoms with Gasteiger partial charge in [0.1, 0.15) is 5.82 Å². The van der Waals surface area contributed by atoms with Crippen LogP contribution in [0.1, 0.15) is 30.0 Å². The van der Waals surface area contributed by atoms with Crippen LogP contribution in [0, 0.1) is 6.92 Å². The van der Waals surface area contributed by atoms with Crippen LogP contribution in [0.25, 0.3) is 5.69 Å². The Labute approximate surface area is 136 Å². The highest BCUT2D eigenvalue weighted by Crippen LogP contribution is 2.43. The van der Waals surface area contributed by atoms with Gasteiger partial charge in [0.2, 0.25) is 10.0 Å². The third-order valence-electron chi connectivity index (χ3n) is 3.93. The molecule has 2 aromatic rings. The first-order chi connectivity index (χ1) is 11.0. The van der Waals surface area contributed by atoms with Gasteiger partial charge in [0.05, 0.1) is 23.7 Å². The summed E-state index contributed by atoms with van der Waals surface area (Å²) in [6.07, 6.45) is 2.23. The molecule has 0 spiro atoms. The smallest absolute Gasteiger partial charge is 0.236 e. The van der Waals surface area contributed by atoms with E-state index in [4.69, 9.17) is 4.74 Å². The van der Waals surface area contributed by atoms with Gasteiger partial charge in [-0.3, -0.25) is 4.72 Å². The zero-order valence-corrected chi connectivity index (χ0v) is 14.1. The first kappa shape index (κ1) is 16.0. The maximum Gasteiger partial charge on any atom is 0.236 e. The van der Waals surface area contributed by atoms with E-state index in [-0.39, 0.29) is 12.4 Å². The molecule has 0 aliphatic heterocycles. The van der Waals surface area contributed by atoms with E-state index in [0.29, 0.717) is 11.7 Å². The van der Waals surface area contributed by atoms with Crippen LogP contribution >= 0.6 is 0 Å². The van der Waals surface area contributed by atoms with Crippen LogP contribution in [0.3, 0.4) is 0 Å². The van der Waals surface area contributed by atoms with E-state index in [9.17, 15) is 8.42 Å². The summed E-state index contributed by atoms with van der Waals surface area (Å²) in [7, 11) is -1.99. The lowest BCUT2D eigenvalue weighted by Gasteiger charge is -2.11. The lowest BCUT2D eigenvalue weighted by Crippen LogP contribution is -2.21. The molecule has 1 heterocycles. The molecule has 1 aromatic heterocycles. The Kier molecular flexibility index (Phi) is 4.41. The van der Waals surface area contributed by atoms with Crippen LogP contribution in [0.4, 0.5) is 5.82 Å². The summed E-state index contributed by atoms with van der Waals surface area (Å²) in [6, 6.07) is 9.56. The zero-order valence-electron chi connectivity index (χ0n) is 13.3. The van der Waals surface area contributed by atoms with E-state index in [1.807, 2.05) is 37.3 Å². The molecule has 0 atom stereocenters. The number of para-hydroxylation sites is 1. The molecule has 7 heteroatoms. The van der Waals surface area contributed by atoms with Crippen LogP contribution in [-0.4, -0.2) is 37.7 Å². The lowest BCUT2D eigenvalue weighted by atomic mass is 10.2. The number of hydrogen-bond acceptors (Lipinski definition) is 4. The van der Waals surface area contributed by atoms with Gasteiger partial charge >= 0.3 is 0 Å². The van der Waals surface area contributed by atoms with Crippen molar-refractivity contribution in [1.29, 1.82) is 0 Å². The lowest BCUT2D eigenvalue weighted by molar-refractivity contribution is 0.217. The zero-order chi connectivity index (χ0) is 16.4. The summed E-state index contributed by atoms with van der Waals surface area (Å²) >= 11 is 0. The predicted molar refractivity (Wildman–Crippen MR) is 89.6 cm³/mol. The van der Waals surface area contributed by atoms with Crippen LogP contribution in [0.5, 0.6) is 0 Å². The van der Waals surface area contributed by atoms with Crippen molar-refractivity contribution in [1.82, 2.24) is 9.78 Å². The van der Waals surface area contributed by atoms with E-state index in [1.165, 1.54) is 7.11 Å². The van der Waals surface area contributed by atoms with Gasteiger partial charge < -0.3 is 4.74 Å². The number of aromatic nitrogens is 2. The van der Waals surface area contributed by atoms with Gasteiger partial charge in [-0.1, -0.05) is 18.2 Å². The standard InChI is InChI=1S/C16H21N3O3S/c1-12-15(13-8-9-13)17-19(14-6-4-3-5-7-14)16(12)18-23(20,21)11-10-22-2/h3-7,13,18H,8-11H2,1-2H3. The van der Waals surface area contributed by atoms with Gasteiger partial charge in [-0.2, -0.15) is 5.10 Å². The molecule has 124 valence electrons. The summed E-state index contributed by atoms with van der Waals surface area (Å²) < 4.78 is 33.8. The fourth-order valence-electron chi connectivity index (χ4n) is 2.52. The quantitative estimate of drug-likeness (QED) is 0.843. The van der Waals surface area contributed by atoms with E-state index < -0.39 is 10.0 Å². The number of nitrogens with one attached hydrogen (secondary N) is 1. The van der Waals surface area contributed by atoms with E-state index in [2.05, 4.69) is 9.82 Å². The molecular formula is C16H21N3O3S. The second-order valence-electron chi connectivity index (χ2n) is 5.79. The Bertz CT molecular complexity index is 780. The van der Waals surface area contributed by atoms with Crippen molar-refractivity contribution in [2.75, 3.05) is 24.2 Å². The van der Waals surface area contributed by atoms with Gasteiger partial charge in [0, 0.05) is 18.6 Å². The first-order valence-corrected chi connectivity index (χ1v) is 9.31. The Morgan fingerprint density at radius 1 is 1.30 bits per heavy atom. The highest BCUT2D eigenvalue weighted by Gasteiger charge is 2.31. The highest BCUT2D eigenvalue weighted by atomic mass is 32.2. The fourth-order valence-corrected chi connectivity index (χ4v) is 3.55. The van der Waals surface area contributed by atoms with Crippen LogP contribution in [-0.2, 0) is 14.8 Å². The minimum atomic E-state index is -3.48. The molecule has 1 aliphatic carbocycles. The van der Waals surface area contributed by atoms with Crippen molar-refractivity contribution in [3.05, 3.63) is 41.6 Å². The number of hydrogen-bond donors (Lipinski definition) is 1. The second kappa shape index (κ2) is 6.33. The summed E-state index contributed by atoms with van der Waals surface area (Å²) in [5.41, 5.74) is 2.72. The average Bonchev–Trinajstić information content (AvgIpc) is 3.33. The third-order valence-corrected chi connectivity index (χ3v) is 5.14. The van der Waals surface area contributed by atoms with Crippen LogP contribution in [0.2, 0.25) is 0 Å². The number of anilines is 1. The number of ether oxygens (including phenoxy) is 1. The number of methoxy groups -OCH3 is 1. The molecule has 1 fully saturated rings. The molecule has 1 aliphatic rings. The molecule has 6 nitrogen and oxygen atoms in total. The van der Waals surface area contributed by atoms with Crippen molar-refractivity contribution in [2.24, 2.45) is 0 Å². The first-order valence-electron chi connectivity index (χ1n) is 7.66. The Morgan fingerprint density at radius 3 is 2.61 bits per heavy atom. The van der Waals surface area contributed by atoms with E-state index in [0.717, 1.165) is 29.8 Å². The number of nitrogens with zero attached hydrogens (tertiary/aromatic N) is 2. The molecule has 1 saturated carbocycles. The van der Waals surface area contributed by atoms with E-state index >= 15 is 0 Å². The van der Waals surface area contributed by atoms with Crippen molar-refractivity contribution in [3.63, 3.8) is 0 Å². The van der Waals surface area contributed by atoms with Gasteiger partial charge in [-0.05, 0) is 31.9 Å². The summed E-state index contributed by atoms with van der Waals surface area (Å²) in [6.45, 7) is 2.08. The fraction of sp³-hybridized carbons (Fsp3) is 0.438. The molecule has 3 rings (SSSR count). The van der Waals surface area contributed by atoms with Gasteiger partial charge in [0.15, 0.2) is 0 Å². The van der Waals surface area contributed by atoms with Gasteiger partial charge in [-0.15, -0.1) is 0 Å². The summed E-state index contributed by atoms with van der Waals surface area (Å²) in [4.78, 5) is 0. The molecule has 0 radical (unpaired) electrons. The van der Waals surface area contributed by atoms with E-state index in [1.54, 1.807) is 4.68 Å². The minimum absolute atomic E-state index is 0.0817. The van der Waals surface area contributed by atoms with Crippen LogP contribution < -0.4 is 4.72 Å². The summed E-state index contributed by atoms with van der Waals surface area (Å²) in [5, 5.41) is 4.66. The topological polar surface area (TPSA) is 73.2 Å².